The second-order valence-corrected chi connectivity index (χ2v) is 9.38. The average molecular weight is 495 g/mol. The zero-order valence-corrected chi connectivity index (χ0v) is 19.9. The largest absolute Gasteiger partial charge is 0.490 e. The molecule has 0 radical (unpaired) electrons. The second kappa shape index (κ2) is 10.8. The van der Waals surface area contributed by atoms with Crippen molar-refractivity contribution in [3.8, 4) is 0 Å². The van der Waals surface area contributed by atoms with E-state index in [9.17, 15) is 22.8 Å². The highest BCUT2D eigenvalue weighted by Crippen LogP contribution is 2.23. The number of carbonyl (C=O) groups excluding carboxylic acids is 2. The van der Waals surface area contributed by atoms with E-state index in [2.05, 4.69) is 43.6 Å². The summed E-state index contributed by atoms with van der Waals surface area (Å²) in [6, 6.07) is 15.9. The molecular weight excluding hydrogens is 465 g/mol. The number of nitrogens with zero attached hydrogens (tertiary/aromatic N) is 1. The minimum Gasteiger partial charge on any atom is -0.475 e. The van der Waals surface area contributed by atoms with E-state index < -0.39 is 12.1 Å². The molecule has 0 aromatic heterocycles. The predicted octanol–water partition coefficient (Wildman–Crippen LogP) is 4.57. The molecule has 0 bridgehead atoms. The Morgan fingerprint density at radius 3 is 1.71 bits per heavy atom. The van der Waals surface area contributed by atoms with Crippen molar-refractivity contribution in [2.75, 3.05) is 23.7 Å². The average Bonchev–Trinajstić information content (AvgIpc) is 2.72. The Kier molecular flexibility index (Phi) is 8.50. The van der Waals surface area contributed by atoms with E-state index in [0.29, 0.717) is 24.3 Å². The Morgan fingerprint density at radius 2 is 1.29 bits per heavy atom. The highest BCUT2D eigenvalue weighted by Gasteiger charge is 2.39. The fourth-order valence-corrected chi connectivity index (χ4v) is 3.84. The van der Waals surface area contributed by atoms with Gasteiger partial charge in [0.15, 0.2) is 0 Å². The van der Waals surface area contributed by atoms with Gasteiger partial charge in [-0.3, -0.25) is 4.79 Å². The van der Waals surface area contributed by atoms with Gasteiger partial charge < -0.3 is 26.0 Å². The molecule has 2 aromatic carbocycles. The van der Waals surface area contributed by atoms with Gasteiger partial charge in [0.2, 0.25) is 0 Å². The quantitative estimate of drug-likeness (QED) is 0.500. The van der Waals surface area contributed by atoms with E-state index in [-0.39, 0.29) is 23.0 Å². The Morgan fingerprint density at radius 1 is 0.857 bits per heavy atom. The van der Waals surface area contributed by atoms with Crippen LogP contribution in [0, 0.1) is 0 Å². The molecule has 8 nitrogen and oxygen atoms in total. The van der Waals surface area contributed by atoms with Crippen LogP contribution in [0.25, 0.3) is 0 Å². The monoisotopic (exact) mass is 494 g/mol. The number of carboxylic acids is 1. The lowest BCUT2D eigenvalue weighted by atomic mass is 9.91. The van der Waals surface area contributed by atoms with Crippen molar-refractivity contribution in [2.45, 2.75) is 44.9 Å². The molecule has 3 rings (SSSR count). The summed E-state index contributed by atoms with van der Waals surface area (Å²) in [5.41, 5.74) is 1.67. The lowest BCUT2D eigenvalue weighted by molar-refractivity contribution is -0.192. The second-order valence-electron chi connectivity index (χ2n) is 9.38. The number of hydrogen-bond acceptors (Lipinski definition) is 4. The first-order chi connectivity index (χ1) is 16.1. The highest BCUT2D eigenvalue weighted by atomic mass is 19.4. The third kappa shape index (κ3) is 8.93. The third-order valence-electron chi connectivity index (χ3n) is 4.80. The summed E-state index contributed by atoms with van der Waals surface area (Å²) < 4.78 is 31.7. The number of carbonyl (C=O) groups is 3. The number of carboxylic acid groups (broad SMARTS) is 1. The molecule has 1 fully saturated rings. The smallest absolute Gasteiger partial charge is 0.475 e. The summed E-state index contributed by atoms with van der Waals surface area (Å²) in [4.78, 5) is 35.8. The van der Waals surface area contributed by atoms with Gasteiger partial charge in [0.05, 0.1) is 0 Å². The van der Waals surface area contributed by atoms with Crippen molar-refractivity contribution < 1.29 is 32.7 Å². The van der Waals surface area contributed by atoms with Crippen molar-refractivity contribution in [3.05, 3.63) is 60.2 Å². The number of amides is 3. The number of rotatable bonds is 3. The minimum absolute atomic E-state index is 0.00272. The zero-order chi connectivity index (χ0) is 26.4. The van der Waals surface area contributed by atoms with Crippen LogP contribution in [-0.4, -0.2) is 58.3 Å². The molecular formula is C24H29F3N4O4. The number of para-hydroxylation sites is 1. The molecule has 190 valence electrons. The number of alkyl halides is 3. The summed E-state index contributed by atoms with van der Waals surface area (Å²) in [6.07, 6.45) is -5.08. The molecule has 0 aliphatic carbocycles. The fraction of sp³-hybridized carbons (Fsp3) is 0.375. The van der Waals surface area contributed by atoms with E-state index in [4.69, 9.17) is 9.90 Å². The van der Waals surface area contributed by atoms with Gasteiger partial charge in [-0.1, -0.05) is 18.2 Å². The normalized spacial score (nSPS) is 16.4. The summed E-state index contributed by atoms with van der Waals surface area (Å²) in [7, 11) is 0. The number of hydrogen-bond donors (Lipinski definition) is 4. The van der Waals surface area contributed by atoms with Gasteiger partial charge in [-0.15, -0.1) is 0 Å². The van der Waals surface area contributed by atoms with E-state index in [0.717, 1.165) is 5.69 Å². The fourth-order valence-electron chi connectivity index (χ4n) is 3.84. The van der Waals surface area contributed by atoms with E-state index in [1.807, 2.05) is 35.2 Å². The van der Waals surface area contributed by atoms with E-state index in [1.165, 1.54) is 0 Å². The van der Waals surface area contributed by atoms with Crippen LogP contribution in [0.1, 0.15) is 38.1 Å². The Hall–Kier alpha value is -3.60. The molecule has 11 heteroatoms. The molecule has 4 N–H and O–H groups in total. The number of aliphatic carboxylic acids is 1. The third-order valence-corrected chi connectivity index (χ3v) is 4.80. The Labute approximate surface area is 201 Å². The molecule has 35 heavy (non-hydrogen) atoms. The van der Waals surface area contributed by atoms with Gasteiger partial charge >= 0.3 is 18.2 Å². The van der Waals surface area contributed by atoms with Crippen LogP contribution in [0.5, 0.6) is 0 Å². The highest BCUT2D eigenvalue weighted by molar-refractivity contribution is 6.00. The first-order valence-electron chi connectivity index (χ1n) is 10.7. The van der Waals surface area contributed by atoms with Crippen molar-refractivity contribution in [3.63, 3.8) is 0 Å². The molecule has 1 saturated heterocycles. The van der Waals surface area contributed by atoms with Crippen LogP contribution in [0.4, 0.5) is 29.3 Å². The Balaban J connectivity index is 0.000000540. The van der Waals surface area contributed by atoms with Crippen molar-refractivity contribution in [1.29, 1.82) is 0 Å². The van der Waals surface area contributed by atoms with Crippen LogP contribution in [-0.2, 0) is 4.79 Å². The van der Waals surface area contributed by atoms with E-state index >= 15 is 0 Å². The number of urea groups is 1. The topological polar surface area (TPSA) is 111 Å². The molecule has 0 saturated carbocycles. The number of piperazine rings is 1. The SMILES string of the molecule is CC1(C)CN(C(=O)c2ccc(NC(=O)Nc3ccccc3)cc2)CC(C)(C)N1.O=C(O)C(F)(F)F. The van der Waals surface area contributed by atoms with Crippen molar-refractivity contribution in [2.24, 2.45) is 0 Å². The molecule has 1 aliphatic heterocycles. The molecule has 0 spiro atoms. The first kappa shape index (κ1) is 27.6. The summed E-state index contributed by atoms with van der Waals surface area (Å²) in [5.74, 6) is -2.75. The first-order valence-corrected chi connectivity index (χ1v) is 10.7. The number of benzene rings is 2. The van der Waals surface area contributed by atoms with Gasteiger partial charge in [-0.2, -0.15) is 13.2 Å². The standard InChI is InChI=1S/C22H28N4O2.C2HF3O2/c1-21(2)14-26(15-22(3,4)25-21)19(27)16-10-12-18(13-11-16)24-20(28)23-17-8-6-5-7-9-17;3-2(4,5)1(6)7/h5-13,25H,14-15H2,1-4H3,(H2,23,24,28);(H,6,7). The van der Waals surface area contributed by atoms with Gasteiger partial charge in [0.25, 0.3) is 5.91 Å². The molecule has 3 amide bonds. The summed E-state index contributed by atoms with van der Waals surface area (Å²) >= 11 is 0. The van der Waals surface area contributed by atoms with Crippen molar-refractivity contribution >= 4 is 29.3 Å². The zero-order valence-electron chi connectivity index (χ0n) is 19.9. The molecule has 0 atom stereocenters. The van der Waals surface area contributed by atoms with Crippen LogP contribution in [0.15, 0.2) is 54.6 Å². The van der Waals surface area contributed by atoms with E-state index in [1.54, 1.807) is 24.3 Å². The lowest BCUT2D eigenvalue weighted by Crippen LogP contribution is -2.67. The van der Waals surface area contributed by atoms with Gasteiger partial charge in [-0.05, 0) is 64.1 Å². The maximum Gasteiger partial charge on any atom is 0.490 e. The van der Waals surface area contributed by atoms with Crippen LogP contribution >= 0.6 is 0 Å². The van der Waals surface area contributed by atoms with Crippen LogP contribution in [0.2, 0.25) is 0 Å². The molecule has 1 heterocycles. The number of anilines is 2. The predicted molar refractivity (Wildman–Crippen MR) is 126 cm³/mol. The maximum atomic E-state index is 12.9. The number of halogens is 3. The van der Waals surface area contributed by atoms with Gasteiger partial charge in [-0.25, -0.2) is 9.59 Å². The molecule has 0 unspecified atom stereocenters. The maximum absolute atomic E-state index is 12.9. The Bertz CT molecular complexity index is 1020. The summed E-state index contributed by atoms with van der Waals surface area (Å²) in [5, 5.41) is 16.2. The van der Waals surface area contributed by atoms with Crippen molar-refractivity contribution in [1.82, 2.24) is 10.2 Å². The van der Waals surface area contributed by atoms with Gasteiger partial charge in [0.1, 0.15) is 0 Å². The van der Waals surface area contributed by atoms with Crippen LogP contribution < -0.4 is 16.0 Å². The summed E-state index contributed by atoms with van der Waals surface area (Å²) in [6.45, 7) is 9.71. The van der Waals surface area contributed by atoms with Gasteiger partial charge in [0, 0.05) is 41.1 Å². The number of nitrogens with one attached hydrogen (secondary N) is 3. The lowest BCUT2D eigenvalue weighted by Gasteiger charge is -2.48. The minimum atomic E-state index is -5.08. The molecule has 2 aromatic rings. The van der Waals surface area contributed by atoms with Crippen LogP contribution in [0.3, 0.4) is 0 Å². The molecule has 1 aliphatic rings.